The van der Waals surface area contributed by atoms with Gasteiger partial charge in [-0.1, -0.05) is 54.1 Å². The molecule has 8 nitrogen and oxygen atoms in total. The summed E-state index contributed by atoms with van der Waals surface area (Å²) < 4.78 is 29.5. The molecule has 3 aromatic rings. The molecule has 0 fully saturated rings. The van der Waals surface area contributed by atoms with Crippen molar-refractivity contribution in [3.8, 4) is 0 Å². The smallest absolute Gasteiger partial charge is 0.330 e. The first-order valence-electron chi connectivity index (χ1n) is 11.3. The number of esters is 1. The van der Waals surface area contributed by atoms with Crippen LogP contribution in [0.4, 0.5) is 0 Å². The van der Waals surface area contributed by atoms with Crippen molar-refractivity contribution in [3.05, 3.63) is 106 Å². The fourth-order valence-electron chi connectivity index (χ4n) is 4.03. The predicted octanol–water partition coefficient (Wildman–Crippen LogP) is 3.91. The highest BCUT2D eigenvalue weighted by molar-refractivity contribution is 7.90. The predicted molar refractivity (Wildman–Crippen MR) is 136 cm³/mol. The van der Waals surface area contributed by atoms with Crippen LogP contribution in [-0.2, 0) is 19.4 Å². The van der Waals surface area contributed by atoms with Gasteiger partial charge >= 0.3 is 5.97 Å². The lowest BCUT2D eigenvalue weighted by Gasteiger charge is -2.27. The number of rotatable bonds is 9. The van der Waals surface area contributed by atoms with Crippen molar-refractivity contribution in [2.24, 2.45) is 0 Å². The summed E-state index contributed by atoms with van der Waals surface area (Å²) in [6.07, 6.45) is -0.820. The Kier molecular flexibility index (Phi) is 7.56. The van der Waals surface area contributed by atoms with Gasteiger partial charge in [-0.15, -0.1) is 0 Å². The topological polar surface area (TPSA) is 115 Å². The van der Waals surface area contributed by atoms with Crippen LogP contribution in [0.25, 0.3) is 0 Å². The number of ketones is 1. The second-order valence-electron chi connectivity index (χ2n) is 8.56. The van der Waals surface area contributed by atoms with Crippen molar-refractivity contribution in [2.75, 3.05) is 12.0 Å². The average Bonchev–Trinajstić information content (AvgIpc) is 3.13. The zero-order valence-corrected chi connectivity index (χ0v) is 21.2. The van der Waals surface area contributed by atoms with Gasteiger partial charge < -0.3 is 4.74 Å². The second-order valence-corrected chi connectivity index (χ2v) is 11.3. The lowest BCUT2D eigenvalue weighted by molar-refractivity contribution is -0.152. The molecule has 0 unspecified atom stereocenters. The molecule has 190 valence electrons. The maximum absolute atomic E-state index is 13.5. The number of hydrogen-bond acceptors (Lipinski definition) is 7. The van der Waals surface area contributed by atoms with Crippen LogP contribution in [0.1, 0.15) is 49.2 Å². The molecule has 10 heteroatoms. The summed E-state index contributed by atoms with van der Waals surface area (Å²) in [7, 11) is -3.57. The standard InChI is InChI=1S/C27H22ClNO7S/c1-37(34,35)16-15-22(29-25(31)20-9-5-6-10-21(20)26(29)32)27(33)36-24(18-7-3-2-4-8-18)23(30)17-11-13-19(28)14-12-17/h2-14,22,24H,15-16H2,1H3/t22-,24+/m1/s1. The van der Waals surface area contributed by atoms with E-state index in [0.717, 1.165) is 6.26 Å². The summed E-state index contributed by atoms with van der Waals surface area (Å²) in [5, 5.41) is 0.413. The number of carbonyl (C=O) groups excluding carboxylic acids is 4. The van der Waals surface area contributed by atoms with Crippen LogP contribution in [-0.4, -0.2) is 54.9 Å². The van der Waals surface area contributed by atoms with Crippen LogP contribution in [0.5, 0.6) is 0 Å². The number of benzene rings is 3. The lowest BCUT2D eigenvalue weighted by Crippen LogP contribution is -2.47. The maximum Gasteiger partial charge on any atom is 0.330 e. The van der Waals surface area contributed by atoms with Gasteiger partial charge in [0.05, 0.1) is 16.9 Å². The Bertz CT molecular complexity index is 1440. The molecule has 1 aliphatic rings. The maximum atomic E-state index is 13.5. The summed E-state index contributed by atoms with van der Waals surface area (Å²) in [6, 6.07) is 18.7. The number of fused-ring (bicyclic) bond motifs is 1. The molecule has 37 heavy (non-hydrogen) atoms. The van der Waals surface area contributed by atoms with Crippen LogP contribution in [0, 0.1) is 0 Å². The Labute approximate surface area is 218 Å². The highest BCUT2D eigenvalue weighted by Crippen LogP contribution is 2.29. The molecular weight excluding hydrogens is 518 g/mol. The summed E-state index contributed by atoms with van der Waals surface area (Å²) in [5.74, 6) is -3.59. The normalized spacial score (nSPS) is 14.7. The van der Waals surface area contributed by atoms with Gasteiger partial charge in [-0.3, -0.25) is 19.3 Å². The quantitative estimate of drug-likeness (QED) is 0.230. The Morgan fingerprint density at radius 3 is 1.95 bits per heavy atom. The molecule has 0 aliphatic carbocycles. The molecule has 2 atom stereocenters. The number of imide groups is 1. The first kappa shape index (κ1) is 26.2. The third kappa shape index (κ3) is 5.79. The molecule has 0 spiro atoms. The summed E-state index contributed by atoms with van der Waals surface area (Å²) >= 11 is 5.93. The van der Waals surface area contributed by atoms with Crippen molar-refractivity contribution in [1.29, 1.82) is 0 Å². The van der Waals surface area contributed by atoms with Crippen molar-refractivity contribution in [2.45, 2.75) is 18.6 Å². The van der Waals surface area contributed by atoms with Crippen molar-refractivity contribution in [1.82, 2.24) is 4.90 Å². The van der Waals surface area contributed by atoms with Gasteiger partial charge in [0.1, 0.15) is 15.9 Å². The number of amides is 2. The van der Waals surface area contributed by atoms with Crippen molar-refractivity contribution in [3.63, 3.8) is 0 Å². The number of halogens is 1. The summed E-state index contributed by atoms with van der Waals surface area (Å²) in [5.41, 5.74) is 0.780. The number of Topliss-reactive ketones (excluding diaryl/α,β-unsaturated/α-hetero) is 1. The Balaban J connectivity index is 1.70. The minimum atomic E-state index is -3.57. The number of hydrogen-bond donors (Lipinski definition) is 0. The van der Waals surface area contributed by atoms with Crippen molar-refractivity contribution >= 4 is 45.0 Å². The fraction of sp³-hybridized carbons (Fsp3) is 0.185. The third-order valence-electron chi connectivity index (χ3n) is 5.87. The number of sulfone groups is 1. The number of nitrogens with zero attached hydrogens (tertiary/aromatic N) is 1. The zero-order valence-electron chi connectivity index (χ0n) is 19.7. The van der Waals surface area contributed by atoms with Gasteiger partial charge in [-0.2, -0.15) is 0 Å². The Morgan fingerprint density at radius 1 is 0.865 bits per heavy atom. The molecular formula is C27H22ClNO7S. The third-order valence-corrected chi connectivity index (χ3v) is 7.10. The van der Waals surface area contributed by atoms with E-state index in [0.29, 0.717) is 15.5 Å². The van der Waals surface area contributed by atoms with Gasteiger partial charge in [0.2, 0.25) is 5.78 Å². The molecule has 1 aliphatic heterocycles. The Hall–Kier alpha value is -3.82. The van der Waals surface area contributed by atoms with Crippen molar-refractivity contribution < 1.29 is 32.3 Å². The second kappa shape index (κ2) is 10.7. The van der Waals surface area contributed by atoms with E-state index >= 15 is 0 Å². The minimum Gasteiger partial charge on any atom is -0.447 e. The monoisotopic (exact) mass is 539 g/mol. The van der Waals surface area contributed by atoms with E-state index in [2.05, 4.69) is 0 Å². The molecule has 1 heterocycles. The minimum absolute atomic E-state index is 0.0986. The molecule has 4 rings (SSSR count). The van der Waals surface area contributed by atoms with E-state index < -0.39 is 51.3 Å². The van der Waals surface area contributed by atoms with E-state index in [1.54, 1.807) is 42.5 Å². The number of carbonyl (C=O) groups is 4. The lowest BCUT2D eigenvalue weighted by atomic mass is 9.99. The molecule has 0 bridgehead atoms. The average molecular weight is 540 g/mol. The molecule has 2 amide bonds. The van der Waals surface area contributed by atoms with Crippen LogP contribution in [0.3, 0.4) is 0 Å². The van der Waals surface area contributed by atoms with Gasteiger partial charge in [0.25, 0.3) is 11.8 Å². The van der Waals surface area contributed by atoms with Gasteiger partial charge in [-0.05, 0) is 42.8 Å². The molecule has 0 saturated heterocycles. The first-order valence-corrected chi connectivity index (χ1v) is 13.7. The zero-order chi connectivity index (χ0) is 26.7. The summed E-state index contributed by atoms with van der Waals surface area (Å²) in [6.45, 7) is 0. The number of ether oxygens (including phenoxy) is 1. The highest BCUT2D eigenvalue weighted by atomic mass is 35.5. The van der Waals surface area contributed by atoms with E-state index in [1.165, 1.54) is 36.4 Å². The SMILES string of the molecule is CS(=O)(=O)CC[C@H](C(=O)O[C@H](C(=O)c1ccc(Cl)cc1)c1ccccc1)N1C(=O)c2ccccc2C1=O. The van der Waals surface area contributed by atoms with E-state index in [4.69, 9.17) is 16.3 Å². The van der Waals surface area contributed by atoms with Gasteiger partial charge in [-0.25, -0.2) is 13.2 Å². The molecule has 0 radical (unpaired) electrons. The fourth-order valence-corrected chi connectivity index (χ4v) is 4.81. The largest absolute Gasteiger partial charge is 0.447 e. The molecule has 0 N–H and O–H groups in total. The Morgan fingerprint density at radius 2 is 1.41 bits per heavy atom. The van der Waals surface area contributed by atoms with Crippen LogP contribution < -0.4 is 0 Å². The van der Waals surface area contributed by atoms with Gasteiger partial charge in [0, 0.05) is 22.4 Å². The first-order chi connectivity index (χ1) is 17.6. The van der Waals surface area contributed by atoms with E-state index in [9.17, 15) is 27.6 Å². The summed E-state index contributed by atoms with van der Waals surface area (Å²) in [4.78, 5) is 53.8. The highest BCUT2D eigenvalue weighted by Gasteiger charge is 2.44. The molecule has 3 aromatic carbocycles. The van der Waals surface area contributed by atoms with Crippen LogP contribution in [0.15, 0.2) is 78.9 Å². The van der Waals surface area contributed by atoms with E-state index in [1.807, 2.05) is 0 Å². The van der Waals surface area contributed by atoms with E-state index in [-0.39, 0.29) is 23.1 Å². The molecule has 0 saturated carbocycles. The van der Waals surface area contributed by atoms with Crippen LogP contribution in [0.2, 0.25) is 5.02 Å². The molecule has 0 aromatic heterocycles. The van der Waals surface area contributed by atoms with Gasteiger partial charge in [0.15, 0.2) is 6.10 Å². The van der Waals surface area contributed by atoms with Crippen LogP contribution >= 0.6 is 11.6 Å².